The summed E-state index contributed by atoms with van der Waals surface area (Å²) in [6.07, 6.45) is 4.91. The Labute approximate surface area is 232 Å². The minimum absolute atomic E-state index is 0.0670. The van der Waals surface area contributed by atoms with Gasteiger partial charge in [0.15, 0.2) is 5.76 Å². The van der Waals surface area contributed by atoms with Crippen molar-refractivity contribution in [3.63, 3.8) is 0 Å². The Morgan fingerprint density at radius 2 is 1.95 bits per heavy atom. The first-order valence-electron chi connectivity index (χ1n) is 13.6. The van der Waals surface area contributed by atoms with Gasteiger partial charge in [0.05, 0.1) is 6.04 Å². The van der Waals surface area contributed by atoms with Gasteiger partial charge in [0, 0.05) is 37.3 Å². The van der Waals surface area contributed by atoms with Crippen LogP contribution in [0.5, 0.6) is 5.75 Å². The lowest BCUT2D eigenvalue weighted by Gasteiger charge is -2.38. The number of pyridine rings is 1. The first-order chi connectivity index (χ1) is 19.5. The molecule has 7 nitrogen and oxygen atoms in total. The van der Waals surface area contributed by atoms with Crippen molar-refractivity contribution in [1.82, 2.24) is 15.2 Å². The maximum atomic E-state index is 14.2. The van der Waals surface area contributed by atoms with E-state index in [0.29, 0.717) is 31.0 Å². The Kier molecular flexibility index (Phi) is 7.31. The zero-order valence-electron chi connectivity index (χ0n) is 22.0. The number of furan rings is 1. The van der Waals surface area contributed by atoms with Gasteiger partial charge in [-0.3, -0.25) is 14.6 Å². The Morgan fingerprint density at radius 3 is 2.75 bits per heavy atom. The number of carbonyl (C=O) groups excluding carboxylic acids is 2. The Hall–Kier alpha value is -4.46. The Balaban J connectivity index is 1.14. The molecule has 2 aliphatic rings. The molecule has 0 saturated heterocycles. The number of amides is 2. The first kappa shape index (κ1) is 25.8. The standard InChI is InChI=1S/C32H30FN3O4/c33-24-5-3-4-23(18-24)30-28-19-26(10-9-21(28)14-17-36(30)32(38)22-7-8-22)39-20-27-11-12-29(40-27)31(37)35-16-13-25-6-1-2-15-34-25/h1-6,9-12,15,18-19,22,30H,7-8,13-14,16-17,20H2,(H,35,37). The normalized spacial score (nSPS) is 16.3. The lowest BCUT2D eigenvalue weighted by Crippen LogP contribution is -2.41. The summed E-state index contributed by atoms with van der Waals surface area (Å²) in [5.41, 5.74) is 3.71. The lowest BCUT2D eigenvalue weighted by molar-refractivity contribution is -0.134. The average Bonchev–Trinajstić information content (AvgIpc) is 3.72. The van der Waals surface area contributed by atoms with Crippen molar-refractivity contribution in [3.05, 3.63) is 119 Å². The summed E-state index contributed by atoms with van der Waals surface area (Å²) in [6.45, 7) is 1.18. The summed E-state index contributed by atoms with van der Waals surface area (Å²) in [7, 11) is 0. The predicted molar refractivity (Wildman–Crippen MR) is 146 cm³/mol. The van der Waals surface area contributed by atoms with Gasteiger partial charge in [0.25, 0.3) is 5.91 Å². The maximum Gasteiger partial charge on any atom is 0.287 e. The van der Waals surface area contributed by atoms with Gasteiger partial charge in [-0.05, 0) is 84.5 Å². The largest absolute Gasteiger partial charge is 0.486 e. The molecule has 1 saturated carbocycles. The third-order valence-corrected chi connectivity index (χ3v) is 7.38. The second-order valence-electron chi connectivity index (χ2n) is 10.3. The molecule has 40 heavy (non-hydrogen) atoms. The van der Waals surface area contributed by atoms with Crippen molar-refractivity contribution in [1.29, 1.82) is 0 Å². The highest BCUT2D eigenvalue weighted by molar-refractivity contribution is 5.91. The monoisotopic (exact) mass is 539 g/mol. The van der Waals surface area contributed by atoms with Crippen molar-refractivity contribution in [3.8, 4) is 5.75 Å². The van der Waals surface area contributed by atoms with Gasteiger partial charge in [-0.15, -0.1) is 0 Å². The lowest BCUT2D eigenvalue weighted by atomic mass is 9.87. The van der Waals surface area contributed by atoms with E-state index in [2.05, 4.69) is 10.3 Å². The fraction of sp³-hybridized carbons (Fsp3) is 0.281. The highest BCUT2D eigenvalue weighted by Gasteiger charge is 2.39. The van der Waals surface area contributed by atoms with Crippen LogP contribution in [-0.4, -0.2) is 34.8 Å². The Bertz CT molecular complexity index is 1520. The fourth-order valence-corrected chi connectivity index (χ4v) is 5.19. The van der Waals surface area contributed by atoms with Crippen molar-refractivity contribution in [2.24, 2.45) is 5.92 Å². The molecule has 6 rings (SSSR count). The highest BCUT2D eigenvalue weighted by atomic mass is 19.1. The molecular weight excluding hydrogens is 509 g/mol. The van der Waals surface area contributed by atoms with Gasteiger partial charge in [-0.25, -0.2) is 4.39 Å². The third kappa shape index (κ3) is 5.76. The number of ether oxygens (including phenoxy) is 1. The van der Waals surface area contributed by atoms with Crippen molar-refractivity contribution in [2.75, 3.05) is 13.1 Å². The van der Waals surface area contributed by atoms with E-state index in [9.17, 15) is 14.0 Å². The number of nitrogens with zero attached hydrogens (tertiary/aromatic N) is 2. The predicted octanol–water partition coefficient (Wildman–Crippen LogP) is 5.25. The molecule has 1 aliphatic carbocycles. The molecule has 2 amide bonds. The molecule has 1 atom stereocenters. The van der Waals surface area contributed by atoms with Crippen LogP contribution >= 0.6 is 0 Å². The number of nitrogens with one attached hydrogen (secondary N) is 1. The van der Waals surface area contributed by atoms with E-state index in [1.54, 1.807) is 24.4 Å². The molecule has 1 unspecified atom stereocenters. The Morgan fingerprint density at radius 1 is 1.05 bits per heavy atom. The highest BCUT2D eigenvalue weighted by Crippen LogP contribution is 2.41. The van der Waals surface area contributed by atoms with E-state index in [1.807, 2.05) is 47.4 Å². The minimum Gasteiger partial charge on any atom is -0.486 e. The molecule has 204 valence electrons. The quantitative estimate of drug-likeness (QED) is 0.314. The van der Waals surface area contributed by atoms with Gasteiger partial charge in [0.1, 0.15) is 23.9 Å². The fourth-order valence-electron chi connectivity index (χ4n) is 5.19. The van der Waals surface area contributed by atoms with E-state index >= 15 is 0 Å². The van der Waals surface area contributed by atoms with Crippen molar-refractivity contribution in [2.45, 2.75) is 38.3 Å². The molecule has 1 aliphatic heterocycles. The number of aromatic nitrogens is 1. The molecule has 4 aromatic rings. The number of rotatable bonds is 9. The summed E-state index contributed by atoms with van der Waals surface area (Å²) in [5, 5.41) is 2.85. The molecule has 0 spiro atoms. The summed E-state index contributed by atoms with van der Waals surface area (Å²) in [5.74, 6) is 0.911. The molecule has 2 aromatic heterocycles. The van der Waals surface area contributed by atoms with Crippen LogP contribution in [0.4, 0.5) is 4.39 Å². The van der Waals surface area contributed by atoms with Crippen LogP contribution < -0.4 is 10.1 Å². The number of carbonyl (C=O) groups is 2. The number of benzene rings is 2. The second-order valence-corrected chi connectivity index (χ2v) is 10.3. The van der Waals surface area contributed by atoms with E-state index in [0.717, 1.165) is 41.6 Å². The van der Waals surface area contributed by atoms with Gasteiger partial charge < -0.3 is 19.4 Å². The average molecular weight is 540 g/mol. The molecule has 1 fully saturated rings. The first-order valence-corrected chi connectivity index (χ1v) is 13.6. The van der Waals surface area contributed by atoms with Gasteiger partial charge in [0.2, 0.25) is 5.91 Å². The molecule has 3 heterocycles. The van der Waals surface area contributed by atoms with E-state index in [-0.39, 0.29) is 42.0 Å². The zero-order chi connectivity index (χ0) is 27.5. The van der Waals surface area contributed by atoms with Crippen LogP contribution in [0, 0.1) is 11.7 Å². The van der Waals surface area contributed by atoms with Crippen molar-refractivity contribution < 1.29 is 23.1 Å². The smallest absolute Gasteiger partial charge is 0.287 e. The SMILES string of the molecule is O=C(NCCc1ccccn1)c1ccc(COc2ccc3c(c2)C(c2cccc(F)c2)N(C(=O)C2CC2)CC3)o1. The van der Waals surface area contributed by atoms with Crippen LogP contribution in [0.3, 0.4) is 0 Å². The topological polar surface area (TPSA) is 84.7 Å². The summed E-state index contributed by atoms with van der Waals surface area (Å²) >= 11 is 0. The molecule has 2 aromatic carbocycles. The number of fused-ring (bicyclic) bond motifs is 1. The molecule has 8 heteroatoms. The van der Waals surface area contributed by atoms with Crippen LogP contribution in [0.25, 0.3) is 0 Å². The van der Waals surface area contributed by atoms with Crippen LogP contribution in [0.1, 0.15) is 57.6 Å². The third-order valence-electron chi connectivity index (χ3n) is 7.38. The minimum atomic E-state index is -0.374. The number of hydrogen-bond acceptors (Lipinski definition) is 5. The van der Waals surface area contributed by atoms with Gasteiger partial charge in [-0.1, -0.05) is 24.3 Å². The number of halogens is 1. The van der Waals surface area contributed by atoms with Gasteiger partial charge in [-0.2, -0.15) is 0 Å². The number of hydrogen-bond donors (Lipinski definition) is 1. The van der Waals surface area contributed by atoms with E-state index in [4.69, 9.17) is 9.15 Å². The molecular formula is C32H30FN3O4. The van der Waals surface area contributed by atoms with Crippen molar-refractivity contribution >= 4 is 11.8 Å². The summed E-state index contributed by atoms with van der Waals surface area (Å²) in [4.78, 5) is 31.8. The van der Waals surface area contributed by atoms with Gasteiger partial charge >= 0.3 is 0 Å². The molecule has 0 radical (unpaired) electrons. The zero-order valence-corrected chi connectivity index (χ0v) is 22.0. The maximum absolute atomic E-state index is 14.2. The second kappa shape index (κ2) is 11.3. The van der Waals surface area contributed by atoms with Crippen LogP contribution in [0.15, 0.2) is 83.4 Å². The summed E-state index contributed by atoms with van der Waals surface area (Å²) in [6, 6.07) is 21.0. The summed E-state index contributed by atoms with van der Waals surface area (Å²) < 4.78 is 26.0. The molecule has 0 bridgehead atoms. The molecule has 1 N–H and O–H groups in total. The van der Waals surface area contributed by atoms with E-state index < -0.39 is 0 Å². The van der Waals surface area contributed by atoms with Crippen LogP contribution in [-0.2, 0) is 24.2 Å². The van der Waals surface area contributed by atoms with E-state index in [1.165, 1.54) is 12.1 Å². The van der Waals surface area contributed by atoms with Crippen LogP contribution in [0.2, 0.25) is 0 Å².